The number of halogens is 2. The highest BCUT2D eigenvalue weighted by Crippen LogP contribution is 2.21. The van der Waals surface area contributed by atoms with Gasteiger partial charge in [-0.05, 0) is 25.1 Å². The summed E-state index contributed by atoms with van der Waals surface area (Å²) in [6.07, 6.45) is 2.34. The minimum atomic E-state index is -2.59. The van der Waals surface area contributed by atoms with Crippen molar-refractivity contribution in [1.82, 2.24) is 24.4 Å². The minimum absolute atomic E-state index is 0.356. The molecule has 3 aromatic rings. The summed E-state index contributed by atoms with van der Waals surface area (Å²) in [7, 11) is 0. The van der Waals surface area contributed by atoms with E-state index in [1.165, 1.54) is 6.33 Å². The molecule has 0 bridgehead atoms. The minimum Gasteiger partial charge on any atom is -0.369 e. The van der Waals surface area contributed by atoms with Crippen LogP contribution in [0.4, 0.5) is 14.5 Å². The van der Waals surface area contributed by atoms with E-state index in [1.54, 1.807) is 6.07 Å². The number of aromatic nitrogens is 4. The van der Waals surface area contributed by atoms with Crippen LogP contribution in [0.15, 0.2) is 41.7 Å². The molecule has 1 fully saturated rings. The smallest absolute Gasteiger partial charge is 0.261 e. The molecule has 1 aromatic carbocycles. The van der Waals surface area contributed by atoms with E-state index in [4.69, 9.17) is 0 Å². The van der Waals surface area contributed by atoms with E-state index in [-0.39, 0.29) is 0 Å². The molecule has 1 saturated heterocycles. The normalized spacial score (nSPS) is 15.4. The summed E-state index contributed by atoms with van der Waals surface area (Å²) in [6, 6.07) is 5.40. The van der Waals surface area contributed by atoms with E-state index in [1.807, 2.05) is 31.5 Å². The van der Waals surface area contributed by atoms with Crippen LogP contribution < -0.4 is 10.5 Å². The molecular formula is C20H22F2N6O. The van der Waals surface area contributed by atoms with Gasteiger partial charge < -0.3 is 4.90 Å². The SMILES string of the molecule is Cc1ncc(CN2CCN(c3ccc4c(=O)n(CC(F)F)cnc4c3)CC2)cn1. The number of hydrogen-bond donors (Lipinski definition) is 0. The third-order valence-electron chi connectivity index (χ3n) is 5.12. The Labute approximate surface area is 166 Å². The van der Waals surface area contributed by atoms with Crippen LogP contribution in [-0.2, 0) is 13.1 Å². The Morgan fingerprint density at radius 2 is 1.79 bits per heavy atom. The number of alkyl halides is 2. The largest absolute Gasteiger partial charge is 0.369 e. The Morgan fingerprint density at radius 1 is 1.07 bits per heavy atom. The van der Waals surface area contributed by atoms with Gasteiger partial charge in [0.05, 0.1) is 23.8 Å². The number of rotatable bonds is 5. The number of piperazine rings is 1. The number of nitrogens with zero attached hydrogens (tertiary/aromatic N) is 6. The molecular weight excluding hydrogens is 378 g/mol. The zero-order chi connectivity index (χ0) is 20.4. The van der Waals surface area contributed by atoms with Gasteiger partial charge in [0.1, 0.15) is 5.82 Å². The van der Waals surface area contributed by atoms with Crippen LogP contribution in [0.1, 0.15) is 11.4 Å². The van der Waals surface area contributed by atoms with Crippen molar-refractivity contribution in [2.24, 2.45) is 0 Å². The highest BCUT2D eigenvalue weighted by atomic mass is 19.3. The lowest BCUT2D eigenvalue weighted by molar-refractivity contribution is 0.125. The molecule has 0 amide bonds. The molecule has 9 heteroatoms. The molecule has 1 aliphatic heterocycles. The quantitative estimate of drug-likeness (QED) is 0.653. The van der Waals surface area contributed by atoms with Gasteiger partial charge in [-0.1, -0.05) is 0 Å². The molecule has 7 nitrogen and oxygen atoms in total. The topological polar surface area (TPSA) is 67.2 Å². The van der Waals surface area contributed by atoms with Crippen LogP contribution in [0.2, 0.25) is 0 Å². The summed E-state index contributed by atoms with van der Waals surface area (Å²) >= 11 is 0. The van der Waals surface area contributed by atoms with Gasteiger partial charge in [-0.3, -0.25) is 14.3 Å². The number of anilines is 1. The van der Waals surface area contributed by atoms with Crippen LogP contribution in [-0.4, -0.2) is 57.0 Å². The molecule has 0 saturated carbocycles. The van der Waals surface area contributed by atoms with Gasteiger partial charge in [0.2, 0.25) is 0 Å². The van der Waals surface area contributed by atoms with E-state index >= 15 is 0 Å². The lowest BCUT2D eigenvalue weighted by Gasteiger charge is -2.36. The van der Waals surface area contributed by atoms with E-state index in [0.717, 1.165) is 54.4 Å². The first-order valence-electron chi connectivity index (χ1n) is 9.52. The monoisotopic (exact) mass is 400 g/mol. The van der Waals surface area contributed by atoms with Gasteiger partial charge in [-0.2, -0.15) is 0 Å². The van der Waals surface area contributed by atoms with Crippen molar-refractivity contribution < 1.29 is 8.78 Å². The zero-order valence-corrected chi connectivity index (χ0v) is 16.1. The lowest BCUT2D eigenvalue weighted by atomic mass is 10.2. The standard InChI is InChI=1S/C20H22F2N6O/c1-14-23-9-15(10-24-14)11-26-4-6-27(7-5-26)16-2-3-17-18(8-16)25-13-28(20(17)29)12-19(21)22/h2-3,8-10,13,19H,4-7,11-12H2,1H3. The van der Waals surface area contributed by atoms with Gasteiger partial charge in [-0.25, -0.2) is 23.7 Å². The van der Waals surface area contributed by atoms with Gasteiger partial charge in [-0.15, -0.1) is 0 Å². The fourth-order valence-corrected chi connectivity index (χ4v) is 3.55. The molecule has 0 unspecified atom stereocenters. The summed E-state index contributed by atoms with van der Waals surface area (Å²) < 4.78 is 26.1. The highest BCUT2D eigenvalue weighted by Gasteiger charge is 2.18. The molecule has 1 aliphatic rings. The Hall–Kier alpha value is -2.94. The average Bonchev–Trinajstić information content (AvgIpc) is 2.72. The predicted octanol–water partition coefficient (Wildman–Crippen LogP) is 2.08. The number of hydrogen-bond acceptors (Lipinski definition) is 6. The maximum atomic E-state index is 12.6. The fourth-order valence-electron chi connectivity index (χ4n) is 3.55. The van der Waals surface area contributed by atoms with Crippen molar-refractivity contribution in [3.8, 4) is 0 Å². The molecule has 0 radical (unpaired) electrons. The summed E-state index contributed by atoms with van der Waals surface area (Å²) in [5.41, 5.74) is 2.16. The zero-order valence-electron chi connectivity index (χ0n) is 16.1. The van der Waals surface area contributed by atoms with E-state index < -0.39 is 18.5 Å². The van der Waals surface area contributed by atoms with Gasteiger partial charge in [0.15, 0.2) is 0 Å². The van der Waals surface area contributed by atoms with E-state index in [9.17, 15) is 13.6 Å². The number of aryl methyl sites for hydroxylation is 1. The summed E-state index contributed by atoms with van der Waals surface area (Å²) in [5.74, 6) is 0.768. The summed E-state index contributed by atoms with van der Waals surface area (Å²) in [4.78, 5) is 29.6. The molecule has 2 aromatic heterocycles. The molecule has 0 spiro atoms. The maximum absolute atomic E-state index is 12.6. The first-order valence-corrected chi connectivity index (χ1v) is 9.52. The van der Waals surface area contributed by atoms with Crippen LogP contribution in [0, 0.1) is 6.92 Å². The molecule has 0 atom stereocenters. The average molecular weight is 400 g/mol. The molecule has 29 heavy (non-hydrogen) atoms. The van der Waals surface area contributed by atoms with Crippen molar-refractivity contribution in [2.45, 2.75) is 26.4 Å². The second kappa shape index (κ2) is 8.20. The predicted molar refractivity (Wildman–Crippen MR) is 106 cm³/mol. The fraction of sp³-hybridized carbons (Fsp3) is 0.400. The van der Waals surface area contributed by atoms with Crippen molar-refractivity contribution >= 4 is 16.6 Å². The molecule has 0 N–H and O–H groups in total. The third-order valence-corrected chi connectivity index (χ3v) is 5.12. The van der Waals surface area contributed by atoms with Crippen molar-refractivity contribution in [2.75, 3.05) is 31.1 Å². The molecule has 0 aliphatic carbocycles. The second-order valence-corrected chi connectivity index (χ2v) is 7.20. The summed E-state index contributed by atoms with van der Waals surface area (Å²) in [6.45, 7) is 5.54. The van der Waals surface area contributed by atoms with Crippen molar-refractivity contribution in [3.63, 3.8) is 0 Å². The summed E-state index contributed by atoms with van der Waals surface area (Å²) in [5, 5.41) is 0.356. The van der Waals surface area contributed by atoms with Gasteiger partial charge in [0.25, 0.3) is 12.0 Å². The third kappa shape index (κ3) is 4.40. The molecule has 152 valence electrons. The van der Waals surface area contributed by atoms with Crippen LogP contribution in [0.3, 0.4) is 0 Å². The van der Waals surface area contributed by atoms with Crippen LogP contribution in [0.5, 0.6) is 0 Å². The van der Waals surface area contributed by atoms with Crippen molar-refractivity contribution in [3.05, 3.63) is 58.7 Å². The number of fused-ring (bicyclic) bond motifs is 1. The lowest BCUT2D eigenvalue weighted by Crippen LogP contribution is -2.46. The van der Waals surface area contributed by atoms with Crippen LogP contribution >= 0.6 is 0 Å². The maximum Gasteiger partial charge on any atom is 0.261 e. The Balaban J connectivity index is 1.44. The second-order valence-electron chi connectivity index (χ2n) is 7.20. The first kappa shape index (κ1) is 19.4. The Kier molecular flexibility index (Phi) is 5.48. The number of benzene rings is 1. The highest BCUT2D eigenvalue weighted by molar-refractivity contribution is 5.81. The van der Waals surface area contributed by atoms with E-state index in [2.05, 4.69) is 24.8 Å². The Morgan fingerprint density at radius 3 is 2.48 bits per heavy atom. The Bertz CT molecular complexity index is 1050. The molecule has 3 heterocycles. The van der Waals surface area contributed by atoms with E-state index in [0.29, 0.717) is 10.9 Å². The van der Waals surface area contributed by atoms with Gasteiger partial charge in [0, 0.05) is 56.4 Å². The van der Waals surface area contributed by atoms with Gasteiger partial charge >= 0.3 is 0 Å². The first-order chi connectivity index (χ1) is 14.0. The molecule has 4 rings (SSSR count). The van der Waals surface area contributed by atoms with Crippen molar-refractivity contribution in [1.29, 1.82) is 0 Å². The van der Waals surface area contributed by atoms with Crippen LogP contribution in [0.25, 0.3) is 10.9 Å².